The van der Waals surface area contributed by atoms with E-state index >= 15 is 0 Å². The summed E-state index contributed by atoms with van der Waals surface area (Å²) in [6.45, 7) is 1.40. The van der Waals surface area contributed by atoms with Crippen LogP contribution in [0, 0.1) is 29.1 Å². The minimum atomic E-state index is -4.65. The van der Waals surface area contributed by atoms with Gasteiger partial charge in [0.25, 0.3) is 0 Å². The number of halogens is 3. The van der Waals surface area contributed by atoms with Crippen molar-refractivity contribution < 1.29 is 26.4 Å². The Bertz CT molecular complexity index is 982. The average Bonchev–Trinajstić information content (AvgIpc) is 3.17. The lowest BCUT2D eigenvalue weighted by molar-refractivity contribution is -0.137. The lowest BCUT2D eigenvalue weighted by atomic mass is 9.78. The van der Waals surface area contributed by atoms with E-state index in [0.717, 1.165) is 12.1 Å². The Balaban J connectivity index is 1.84. The maximum absolute atomic E-state index is 13.4. The van der Waals surface area contributed by atoms with Gasteiger partial charge in [-0.05, 0) is 42.9 Å². The van der Waals surface area contributed by atoms with Gasteiger partial charge in [-0.1, -0.05) is 0 Å². The Morgan fingerprint density at radius 3 is 2.39 bits per heavy atom. The fraction of sp³-hybridized carbons (Fsp3) is 0.600. The number of hydrogen-bond acceptors (Lipinski definition) is 5. The number of nitrogens with one attached hydrogen (secondary N) is 1. The largest absolute Gasteiger partial charge is 0.417 e. The van der Waals surface area contributed by atoms with E-state index in [1.165, 1.54) is 23.7 Å². The van der Waals surface area contributed by atoms with Gasteiger partial charge in [0.15, 0.2) is 0 Å². The Hall–Kier alpha value is -2.32. The van der Waals surface area contributed by atoms with Crippen molar-refractivity contribution in [3.8, 4) is 6.07 Å². The van der Waals surface area contributed by atoms with Crippen molar-refractivity contribution in [2.75, 3.05) is 44.4 Å². The van der Waals surface area contributed by atoms with Crippen LogP contribution in [-0.2, 0) is 21.0 Å². The number of anilines is 1. The second-order valence-electron chi connectivity index (χ2n) is 8.13. The number of piperidine rings is 1. The molecule has 11 heteroatoms. The summed E-state index contributed by atoms with van der Waals surface area (Å²) >= 11 is 0. The number of carbonyl (C=O) groups excluding carboxylic acids is 1. The Morgan fingerprint density at radius 2 is 1.87 bits per heavy atom. The van der Waals surface area contributed by atoms with Gasteiger partial charge in [0, 0.05) is 38.9 Å². The highest BCUT2D eigenvalue weighted by atomic mass is 32.2. The van der Waals surface area contributed by atoms with Gasteiger partial charge in [0.2, 0.25) is 15.9 Å². The van der Waals surface area contributed by atoms with E-state index in [-0.39, 0.29) is 24.3 Å². The quantitative estimate of drug-likeness (QED) is 0.746. The third kappa shape index (κ3) is 4.96. The number of alkyl halides is 3. The minimum Gasteiger partial charge on any atom is -0.370 e. The third-order valence-corrected chi connectivity index (χ3v) is 7.62. The molecule has 1 amide bonds. The summed E-state index contributed by atoms with van der Waals surface area (Å²) < 4.78 is 65.1. The van der Waals surface area contributed by atoms with Crippen molar-refractivity contribution in [2.24, 2.45) is 17.8 Å². The van der Waals surface area contributed by atoms with E-state index in [1.807, 2.05) is 0 Å². The van der Waals surface area contributed by atoms with Gasteiger partial charge >= 0.3 is 6.18 Å². The average molecular weight is 459 g/mol. The number of sulfonamides is 1. The minimum absolute atomic E-state index is 0.0887. The zero-order valence-electron chi connectivity index (χ0n) is 17.3. The fourth-order valence-electron chi connectivity index (χ4n) is 4.68. The summed E-state index contributed by atoms with van der Waals surface area (Å²) in [6, 6.07) is 5.18. The molecule has 1 N–H and O–H groups in total. The molecule has 0 bridgehead atoms. The van der Waals surface area contributed by atoms with Crippen LogP contribution >= 0.6 is 0 Å². The van der Waals surface area contributed by atoms with Gasteiger partial charge in [0.1, 0.15) is 0 Å². The van der Waals surface area contributed by atoms with E-state index in [4.69, 9.17) is 5.26 Å². The SMILES string of the molecule is CNC(=O)[C@@H]1CN(c2ccc(C#N)c(C(F)(F)F)c2)C[C@H]1C1CCN(S(C)(=O)=O)CC1. The summed E-state index contributed by atoms with van der Waals surface area (Å²) in [5.41, 5.74) is -1.12. The van der Waals surface area contributed by atoms with E-state index in [1.54, 1.807) is 11.0 Å². The van der Waals surface area contributed by atoms with Crippen molar-refractivity contribution in [1.29, 1.82) is 5.26 Å². The molecule has 3 rings (SSSR count). The number of nitriles is 1. The summed E-state index contributed by atoms with van der Waals surface area (Å²) in [7, 11) is -1.75. The first kappa shape index (κ1) is 23.3. The van der Waals surface area contributed by atoms with Crippen LogP contribution in [0.1, 0.15) is 24.0 Å². The van der Waals surface area contributed by atoms with E-state index in [0.29, 0.717) is 38.2 Å². The predicted molar refractivity (Wildman–Crippen MR) is 109 cm³/mol. The molecule has 0 unspecified atom stereocenters. The standard InChI is InChI=1S/C20H25F3N4O3S/c1-25-19(28)17-12-26(15-4-3-14(10-24)18(9-15)20(21,22)23)11-16(17)13-5-7-27(8-6-13)31(2,29)30/h3-4,9,13,16-17H,5-8,11-12H2,1-2H3,(H,25,28)/t16-,17+/m0/s1. The van der Waals surface area contributed by atoms with Crippen molar-refractivity contribution >= 4 is 21.6 Å². The molecule has 0 saturated carbocycles. The van der Waals surface area contributed by atoms with Crippen molar-refractivity contribution in [3.63, 3.8) is 0 Å². The molecular formula is C20H25F3N4O3S. The Kier molecular flexibility index (Phi) is 6.53. The fourth-order valence-corrected chi connectivity index (χ4v) is 5.55. The molecule has 2 aliphatic rings. The van der Waals surface area contributed by atoms with Gasteiger partial charge in [-0.25, -0.2) is 12.7 Å². The molecule has 2 saturated heterocycles. The van der Waals surface area contributed by atoms with Crippen molar-refractivity contribution in [1.82, 2.24) is 9.62 Å². The van der Waals surface area contributed by atoms with Gasteiger partial charge in [-0.3, -0.25) is 4.79 Å². The molecule has 0 spiro atoms. The highest BCUT2D eigenvalue weighted by Gasteiger charge is 2.43. The number of nitrogens with zero attached hydrogens (tertiary/aromatic N) is 3. The van der Waals surface area contributed by atoms with Gasteiger partial charge in [-0.15, -0.1) is 0 Å². The zero-order chi connectivity index (χ0) is 23.0. The number of amides is 1. The molecule has 2 fully saturated rings. The molecule has 2 atom stereocenters. The second-order valence-corrected chi connectivity index (χ2v) is 10.1. The van der Waals surface area contributed by atoms with Gasteiger partial charge in [0.05, 0.1) is 29.4 Å². The van der Waals surface area contributed by atoms with Gasteiger partial charge in [-0.2, -0.15) is 18.4 Å². The van der Waals surface area contributed by atoms with Gasteiger partial charge < -0.3 is 10.2 Å². The normalized spacial score (nSPS) is 23.5. The van der Waals surface area contributed by atoms with E-state index in [2.05, 4.69) is 5.32 Å². The lowest BCUT2D eigenvalue weighted by Gasteiger charge is -2.35. The predicted octanol–water partition coefficient (Wildman–Crippen LogP) is 2.05. The van der Waals surface area contributed by atoms with Crippen LogP contribution in [0.2, 0.25) is 0 Å². The molecule has 1 aromatic rings. The highest BCUT2D eigenvalue weighted by molar-refractivity contribution is 7.88. The topological polar surface area (TPSA) is 93.5 Å². The smallest absolute Gasteiger partial charge is 0.370 e. The Labute approximate surface area is 179 Å². The van der Waals surface area contributed by atoms with E-state index in [9.17, 15) is 26.4 Å². The zero-order valence-corrected chi connectivity index (χ0v) is 18.1. The maximum atomic E-state index is 13.4. The lowest BCUT2D eigenvalue weighted by Crippen LogP contribution is -2.42. The highest BCUT2D eigenvalue weighted by Crippen LogP contribution is 2.40. The summed E-state index contributed by atoms with van der Waals surface area (Å²) in [6.07, 6.45) is -2.29. The molecule has 31 heavy (non-hydrogen) atoms. The Morgan fingerprint density at radius 1 is 1.23 bits per heavy atom. The number of hydrogen-bond donors (Lipinski definition) is 1. The number of carbonyl (C=O) groups is 1. The van der Waals surface area contributed by atoms with Crippen LogP contribution < -0.4 is 10.2 Å². The summed E-state index contributed by atoms with van der Waals surface area (Å²) in [5, 5.41) is 11.7. The first-order chi connectivity index (χ1) is 14.5. The monoisotopic (exact) mass is 458 g/mol. The molecule has 0 aliphatic carbocycles. The first-order valence-electron chi connectivity index (χ1n) is 9.98. The van der Waals surface area contributed by atoms with Crippen LogP contribution in [0.4, 0.5) is 18.9 Å². The van der Waals surface area contributed by atoms with E-state index < -0.39 is 33.2 Å². The molecule has 2 aliphatic heterocycles. The third-order valence-electron chi connectivity index (χ3n) is 6.32. The first-order valence-corrected chi connectivity index (χ1v) is 11.8. The van der Waals surface area contributed by atoms with Crippen molar-refractivity contribution in [3.05, 3.63) is 29.3 Å². The van der Waals surface area contributed by atoms with Crippen molar-refractivity contribution in [2.45, 2.75) is 19.0 Å². The molecule has 170 valence electrons. The van der Waals surface area contributed by atoms with Crippen LogP contribution in [0.3, 0.4) is 0 Å². The number of rotatable bonds is 4. The summed E-state index contributed by atoms with van der Waals surface area (Å²) in [4.78, 5) is 14.3. The van der Waals surface area contributed by atoms with Crippen LogP contribution in [0.25, 0.3) is 0 Å². The molecule has 0 aromatic heterocycles. The molecule has 0 radical (unpaired) electrons. The van der Waals surface area contributed by atoms with Crippen LogP contribution in [0.15, 0.2) is 18.2 Å². The molecular weight excluding hydrogens is 433 g/mol. The van der Waals surface area contributed by atoms with Crippen LogP contribution in [-0.4, -0.2) is 58.1 Å². The molecule has 7 nitrogen and oxygen atoms in total. The number of benzene rings is 1. The molecule has 2 heterocycles. The maximum Gasteiger partial charge on any atom is 0.417 e. The van der Waals surface area contributed by atoms with Crippen LogP contribution in [0.5, 0.6) is 0 Å². The summed E-state index contributed by atoms with van der Waals surface area (Å²) in [5.74, 6) is -0.607. The molecule has 1 aromatic carbocycles. The second kappa shape index (κ2) is 8.67.